The van der Waals surface area contributed by atoms with E-state index in [0.29, 0.717) is 24.7 Å². The summed E-state index contributed by atoms with van der Waals surface area (Å²) in [5.41, 5.74) is 6.24. The van der Waals surface area contributed by atoms with Crippen LogP contribution in [0.4, 0.5) is 0 Å². The van der Waals surface area contributed by atoms with Crippen molar-refractivity contribution in [2.45, 2.75) is 6.42 Å². The quantitative estimate of drug-likeness (QED) is 0.768. The minimum Gasteiger partial charge on any atom is -0.421 e. The smallest absolute Gasteiger partial charge is 0.247 e. The first-order valence-electron chi connectivity index (χ1n) is 4.33. The zero-order valence-corrected chi connectivity index (χ0v) is 7.55. The van der Waals surface area contributed by atoms with E-state index in [1.807, 2.05) is 12.1 Å². The van der Waals surface area contributed by atoms with Crippen LogP contribution in [0, 0.1) is 0 Å². The van der Waals surface area contributed by atoms with E-state index in [0.717, 1.165) is 5.56 Å². The molecule has 0 aliphatic carbocycles. The van der Waals surface area contributed by atoms with Gasteiger partial charge < -0.3 is 10.2 Å². The second-order valence-corrected chi connectivity index (χ2v) is 2.78. The Balaban J connectivity index is 2.25. The lowest BCUT2D eigenvalue weighted by Crippen LogP contribution is -2.02. The van der Waals surface area contributed by atoms with E-state index in [-0.39, 0.29) is 0 Å². The fourth-order valence-corrected chi connectivity index (χ4v) is 1.09. The SMILES string of the molecule is NCCc1nnc(-c2ccncc2)o1. The van der Waals surface area contributed by atoms with Gasteiger partial charge in [-0.25, -0.2) is 0 Å². The standard InChI is InChI=1S/C9H10N4O/c10-4-1-8-12-13-9(14-8)7-2-5-11-6-3-7/h2-3,5-6H,1,4,10H2. The number of rotatable bonds is 3. The molecule has 0 radical (unpaired) electrons. The van der Waals surface area contributed by atoms with Gasteiger partial charge in [0, 0.05) is 30.9 Å². The predicted molar refractivity (Wildman–Crippen MR) is 50.3 cm³/mol. The third-order valence-corrected chi connectivity index (χ3v) is 1.75. The Morgan fingerprint density at radius 3 is 2.71 bits per heavy atom. The topological polar surface area (TPSA) is 77.8 Å². The highest BCUT2D eigenvalue weighted by Gasteiger charge is 2.06. The van der Waals surface area contributed by atoms with Crippen LogP contribution in [-0.2, 0) is 6.42 Å². The summed E-state index contributed by atoms with van der Waals surface area (Å²) in [7, 11) is 0. The van der Waals surface area contributed by atoms with Crippen molar-refractivity contribution in [2.75, 3.05) is 6.54 Å². The lowest BCUT2D eigenvalue weighted by atomic mass is 10.3. The summed E-state index contributed by atoms with van der Waals surface area (Å²) in [6, 6.07) is 3.64. The van der Waals surface area contributed by atoms with E-state index in [2.05, 4.69) is 15.2 Å². The van der Waals surface area contributed by atoms with Crippen LogP contribution in [0.1, 0.15) is 5.89 Å². The van der Waals surface area contributed by atoms with Gasteiger partial charge >= 0.3 is 0 Å². The Labute approximate surface area is 81.0 Å². The number of hydrogen-bond acceptors (Lipinski definition) is 5. The lowest BCUT2D eigenvalue weighted by molar-refractivity contribution is 0.507. The Bertz CT molecular complexity index is 398. The molecule has 0 fully saturated rings. The average Bonchev–Trinajstić information content (AvgIpc) is 2.68. The van der Waals surface area contributed by atoms with Crippen molar-refractivity contribution in [3.8, 4) is 11.5 Å². The number of nitrogens with two attached hydrogens (primary N) is 1. The van der Waals surface area contributed by atoms with Gasteiger partial charge in [-0.3, -0.25) is 4.98 Å². The first kappa shape index (κ1) is 8.83. The van der Waals surface area contributed by atoms with E-state index in [1.165, 1.54) is 0 Å². The van der Waals surface area contributed by atoms with Crippen LogP contribution in [0.25, 0.3) is 11.5 Å². The molecule has 0 aromatic carbocycles. The molecule has 2 aromatic rings. The van der Waals surface area contributed by atoms with Crippen molar-refractivity contribution in [3.63, 3.8) is 0 Å². The maximum absolute atomic E-state index is 5.38. The molecule has 2 aromatic heterocycles. The molecule has 2 rings (SSSR count). The van der Waals surface area contributed by atoms with Gasteiger partial charge in [0.15, 0.2) is 0 Å². The molecule has 0 amide bonds. The Hall–Kier alpha value is -1.75. The van der Waals surface area contributed by atoms with Crippen LogP contribution in [0.2, 0.25) is 0 Å². The minimum absolute atomic E-state index is 0.510. The highest BCUT2D eigenvalue weighted by atomic mass is 16.4. The Morgan fingerprint density at radius 1 is 1.21 bits per heavy atom. The van der Waals surface area contributed by atoms with Gasteiger partial charge in [0.2, 0.25) is 11.8 Å². The van der Waals surface area contributed by atoms with Crippen LogP contribution in [0.3, 0.4) is 0 Å². The zero-order valence-electron chi connectivity index (χ0n) is 7.55. The summed E-state index contributed by atoms with van der Waals surface area (Å²) < 4.78 is 5.38. The molecule has 72 valence electrons. The van der Waals surface area contributed by atoms with E-state index in [1.54, 1.807) is 12.4 Å². The third-order valence-electron chi connectivity index (χ3n) is 1.75. The third kappa shape index (κ3) is 1.77. The molecule has 2 heterocycles. The molecule has 5 heteroatoms. The Kier molecular flexibility index (Phi) is 2.51. The molecule has 0 aliphatic rings. The number of nitrogens with zero attached hydrogens (tertiary/aromatic N) is 3. The van der Waals surface area contributed by atoms with E-state index in [4.69, 9.17) is 10.2 Å². The number of hydrogen-bond donors (Lipinski definition) is 1. The molecule has 0 atom stereocenters. The van der Waals surface area contributed by atoms with Gasteiger partial charge in [-0.1, -0.05) is 0 Å². The van der Waals surface area contributed by atoms with Crippen LogP contribution in [0.15, 0.2) is 28.9 Å². The van der Waals surface area contributed by atoms with Crippen LogP contribution in [0.5, 0.6) is 0 Å². The minimum atomic E-state index is 0.510. The molecular formula is C9H10N4O. The summed E-state index contributed by atoms with van der Waals surface area (Å²) in [6.45, 7) is 0.512. The van der Waals surface area contributed by atoms with Crippen LogP contribution < -0.4 is 5.73 Å². The molecule has 5 nitrogen and oxygen atoms in total. The number of pyridine rings is 1. The number of aromatic nitrogens is 3. The molecule has 14 heavy (non-hydrogen) atoms. The fourth-order valence-electron chi connectivity index (χ4n) is 1.09. The second-order valence-electron chi connectivity index (χ2n) is 2.78. The van der Waals surface area contributed by atoms with Crippen molar-refractivity contribution in [2.24, 2.45) is 5.73 Å². The fraction of sp³-hybridized carbons (Fsp3) is 0.222. The predicted octanol–water partition coefficient (Wildman–Crippen LogP) is 0.633. The zero-order chi connectivity index (χ0) is 9.80. The summed E-state index contributed by atoms with van der Waals surface area (Å²) >= 11 is 0. The first-order valence-corrected chi connectivity index (χ1v) is 4.33. The van der Waals surface area contributed by atoms with Crippen molar-refractivity contribution < 1.29 is 4.42 Å². The van der Waals surface area contributed by atoms with Gasteiger partial charge in [0.25, 0.3) is 0 Å². The molecule has 0 saturated heterocycles. The summed E-state index contributed by atoms with van der Waals surface area (Å²) in [4.78, 5) is 3.90. The van der Waals surface area contributed by atoms with Crippen molar-refractivity contribution in [3.05, 3.63) is 30.4 Å². The molecule has 0 unspecified atom stereocenters. The van der Waals surface area contributed by atoms with Crippen molar-refractivity contribution in [1.29, 1.82) is 0 Å². The maximum Gasteiger partial charge on any atom is 0.247 e. The summed E-state index contributed by atoms with van der Waals surface area (Å²) in [6.07, 6.45) is 3.97. The van der Waals surface area contributed by atoms with Gasteiger partial charge in [0.1, 0.15) is 0 Å². The molecule has 0 bridgehead atoms. The molecule has 0 aliphatic heterocycles. The van der Waals surface area contributed by atoms with E-state index < -0.39 is 0 Å². The van der Waals surface area contributed by atoms with Crippen molar-refractivity contribution in [1.82, 2.24) is 15.2 Å². The summed E-state index contributed by atoms with van der Waals surface area (Å²) in [5, 5.41) is 7.77. The second kappa shape index (κ2) is 3.97. The molecule has 2 N–H and O–H groups in total. The first-order chi connectivity index (χ1) is 6.90. The highest BCUT2D eigenvalue weighted by molar-refractivity contribution is 5.50. The normalized spacial score (nSPS) is 10.4. The monoisotopic (exact) mass is 190 g/mol. The molecular weight excluding hydrogens is 180 g/mol. The van der Waals surface area contributed by atoms with Crippen LogP contribution >= 0.6 is 0 Å². The van der Waals surface area contributed by atoms with Gasteiger partial charge in [-0.05, 0) is 12.1 Å². The van der Waals surface area contributed by atoms with Crippen LogP contribution in [-0.4, -0.2) is 21.7 Å². The summed E-state index contributed by atoms with van der Waals surface area (Å²) in [5.74, 6) is 1.08. The Morgan fingerprint density at radius 2 is 2.00 bits per heavy atom. The van der Waals surface area contributed by atoms with Gasteiger partial charge in [-0.2, -0.15) is 0 Å². The molecule has 0 saturated carbocycles. The van der Waals surface area contributed by atoms with Gasteiger partial charge in [0.05, 0.1) is 0 Å². The molecule has 0 spiro atoms. The lowest BCUT2D eigenvalue weighted by Gasteiger charge is -1.91. The average molecular weight is 190 g/mol. The van der Waals surface area contributed by atoms with E-state index in [9.17, 15) is 0 Å². The maximum atomic E-state index is 5.38. The highest BCUT2D eigenvalue weighted by Crippen LogP contribution is 2.15. The van der Waals surface area contributed by atoms with Crippen molar-refractivity contribution >= 4 is 0 Å². The largest absolute Gasteiger partial charge is 0.421 e. The van der Waals surface area contributed by atoms with Gasteiger partial charge in [-0.15, -0.1) is 10.2 Å². The van der Waals surface area contributed by atoms with E-state index >= 15 is 0 Å².